The maximum atomic E-state index is 4.24. The van der Waals surface area contributed by atoms with E-state index < -0.39 is 0 Å². The highest BCUT2D eigenvalue weighted by Gasteiger charge is 2.03. The van der Waals surface area contributed by atoms with Crippen molar-refractivity contribution in [2.75, 3.05) is 0 Å². The molecule has 0 N–H and O–H groups in total. The second kappa shape index (κ2) is 3.58. The lowest BCUT2D eigenvalue weighted by atomic mass is 10.1. The number of nitrogens with zero attached hydrogens (tertiary/aromatic N) is 1. The number of allylic oxidation sites excluding steroid dienone is 1. The van der Waals surface area contributed by atoms with E-state index in [1.807, 2.05) is 0 Å². The molecule has 0 rings (SSSR count). The van der Waals surface area contributed by atoms with Gasteiger partial charge < -0.3 is 0 Å². The Morgan fingerprint density at radius 3 is 2.20 bits per heavy atom. The van der Waals surface area contributed by atoms with Crippen LogP contribution in [-0.2, 0) is 0 Å². The molecule has 0 aromatic heterocycles. The summed E-state index contributed by atoms with van der Waals surface area (Å²) in [6.07, 6.45) is 1.04. The predicted octanol–water partition coefficient (Wildman–Crippen LogP) is 2.81. The van der Waals surface area contributed by atoms with Crippen molar-refractivity contribution in [3.63, 3.8) is 0 Å². The second-order valence-corrected chi connectivity index (χ2v) is 3.53. The second-order valence-electron chi connectivity index (χ2n) is 3.53. The number of hydrogen-bond donors (Lipinski definition) is 0. The van der Waals surface area contributed by atoms with Crippen LogP contribution in [0.15, 0.2) is 10.6 Å². The zero-order valence-corrected chi connectivity index (χ0v) is 7.65. The van der Waals surface area contributed by atoms with Gasteiger partial charge in [-0.2, -0.15) is 0 Å². The van der Waals surface area contributed by atoms with Crippen LogP contribution < -0.4 is 0 Å². The van der Waals surface area contributed by atoms with Gasteiger partial charge in [0.15, 0.2) is 0 Å². The molecule has 1 nitrogen and oxygen atoms in total. The monoisotopic (exact) mass is 139 g/mol. The van der Waals surface area contributed by atoms with Crippen molar-refractivity contribution >= 4 is 5.87 Å². The van der Waals surface area contributed by atoms with E-state index in [4.69, 9.17) is 0 Å². The molecule has 0 bridgehead atoms. The van der Waals surface area contributed by atoms with Crippen LogP contribution in [0.25, 0.3) is 0 Å². The lowest BCUT2D eigenvalue weighted by molar-refractivity contribution is 0.587. The van der Waals surface area contributed by atoms with E-state index in [0.29, 0.717) is 0 Å². The molecule has 58 valence electrons. The summed E-state index contributed by atoms with van der Waals surface area (Å²) in [6.45, 7) is 10.4. The summed E-state index contributed by atoms with van der Waals surface area (Å²) in [5.41, 5.74) is 1.24. The van der Waals surface area contributed by atoms with Crippen LogP contribution in [0.1, 0.15) is 41.0 Å². The first kappa shape index (κ1) is 9.45. The lowest BCUT2D eigenvalue weighted by Crippen LogP contribution is -2.08. The van der Waals surface area contributed by atoms with Crippen molar-refractivity contribution in [2.45, 2.75) is 46.6 Å². The molecule has 0 aromatic carbocycles. The third-order valence-electron chi connectivity index (χ3n) is 1.11. The Balaban J connectivity index is 4.23. The molecule has 0 fully saturated rings. The lowest BCUT2D eigenvalue weighted by Gasteiger charge is -2.07. The zero-order chi connectivity index (χ0) is 8.20. The minimum absolute atomic E-state index is 0.0242. The molecule has 10 heavy (non-hydrogen) atoms. The van der Waals surface area contributed by atoms with Crippen LogP contribution in [0.5, 0.6) is 0 Å². The molecule has 0 heterocycles. The fourth-order valence-electron chi connectivity index (χ4n) is 0.342. The molecule has 0 unspecified atom stereocenters. The normalized spacial score (nSPS) is 10.5. The van der Waals surface area contributed by atoms with Gasteiger partial charge in [-0.3, -0.25) is 0 Å². The van der Waals surface area contributed by atoms with E-state index in [-0.39, 0.29) is 5.54 Å². The Morgan fingerprint density at radius 2 is 1.90 bits per heavy atom. The van der Waals surface area contributed by atoms with Gasteiger partial charge in [0.05, 0.1) is 5.54 Å². The summed E-state index contributed by atoms with van der Waals surface area (Å²) in [5.74, 6) is 3.01. The van der Waals surface area contributed by atoms with Gasteiger partial charge in [0.2, 0.25) is 0 Å². The smallest absolute Gasteiger partial charge is 0.0618 e. The van der Waals surface area contributed by atoms with Gasteiger partial charge in [-0.1, -0.05) is 6.92 Å². The Hall–Kier alpha value is -0.550. The highest BCUT2D eigenvalue weighted by Crippen LogP contribution is 2.04. The standard InChI is InChI=1S/C9H17N/c1-6-8(2)7-10-9(3,4)5/h6H2,1-5H3. The van der Waals surface area contributed by atoms with Gasteiger partial charge >= 0.3 is 0 Å². The van der Waals surface area contributed by atoms with Crippen molar-refractivity contribution in [2.24, 2.45) is 4.99 Å². The van der Waals surface area contributed by atoms with Crippen molar-refractivity contribution in [3.05, 3.63) is 5.57 Å². The fourth-order valence-corrected chi connectivity index (χ4v) is 0.342. The summed E-state index contributed by atoms with van der Waals surface area (Å²) in [5, 5.41) is 0. The molecular weight excluding hydrogens is 122 g/mol. The van der Waals surface area contributed by atoms with E-state index in [2.05, 4.69) is 45.5 Å². The van der Waals surface area contributed by atoms with E-state index >= 15 is 0 Å². The minimum Gasteiger partial charge on any atom is -0.237 e. The van der Waals surface area contributed by atoms with Gasteiger partial charge in [-0.25, -0.2) is 4.99 Å². The summed E-state index contributed by atoms with van der Waals surface area (Å²) < 4.78 is 0. The van der Waals surface area contributed by atoms with Gasteiger partial charge in [0.1, 0.15) is 0 Å². The Morgan fingerprint density at radius 1 is 1.40 bits per heavy atom. The summed E-state index contributed by atoms with van der Waals surface area (Å²) >= 11 is 0. The third kappa shape index (κ3) is 5.58. The number of aliphatic imine (C=N–C) groups is 1. The van der Waals surface area contributed by atoms with Crippen molar-refractivity contribution < 1.29 is 0 Å². The summed E-state index contributed by atoms with van der Waals surface area (Å²) in [7, 11) is 0. The molecule has 1 heteroatoms. The SMILES string of the molecule is CCC(C)=C=NC(C)(C)C. The molecule has 0 aliphatic rings. The maximum absolute atomic E-state index is 4.24. The van der Waals surface area contributed by atoms with E-state index in [9.17, 15) is 0 Å². The Labute approximate surface area is 63.9 Å². The van der Waals surface area contributed by atoms with Gasteiger partial charge in [-0.05, 0) is 45.6 Å². The predicted molar refractivity (Wildman–Crippen MR) is 46.7 cm³/mol. The van der Waals surface area contributed by atoms with Crippen LogP contribution >= 0.6 is 0 Å². The Kier molecular flexibility index (Phi) is 3.38. The molecule has 0 atom stereocenters. The molecular formula is C9H17N. The molecule has 0 aliphatic heterocycles. The molecule has 0 amide bonds. The van der Waals surface area contributed by atoms with Crippen LogP contribution in [0.4, 0.5) is 0 Å². The maximum Gasteiger partial charge on any atom is 0.0618 e. The molecule has 0 spiro atoms. The van der Waals surface area contributed by atoms with Crippen LogP contribution in [0, 0.1) is 0 Å². The van der Waals surface area contributed by atoms with Gasteiger partial charge in [0.25, 0.3) is 0 Å². The largest absolute Gasteiger partial charge is 0.237 e. The average molecular weight is 139 g/mol. The molecule has 0 radical (unpaired) electrons. The van der Waals surface area contributed by atoms with Gasteiger partial charge in [-0.15, -0.1) is 0 Å². The summed E-state index contributed by atoms with van der Waals surface area (Å²) in [6, 6.07) is 0. The molecule has 0 aromatic rings. The fraction of sp³-hybridized carbons (Fsp3) is 0.778. The topological polar surface area (TPSA) is 12.4 Å². The van der Waals surface area contributed by atoms with E-state index in [1.165, 1.54) is 5.57 Å². The summed E-state index contributed by atoms with van der Waals surface area (Å²) in [4.78, 5) is 4.24. The van der Waals surface area contributed by atoms with Crippen molar-refractivity contribution in [1.82, 2.24) is 0 Å². The first-order chi connectivity index (χ1) is 4.45. The van der Waals surface area contributed by atoms with E-state index in [1.54, 1.807) is 0 Å². The molecule has 0 saturated heterocycles. The highest BCUT2D eigenvalue weighted by atomic mass is 14.8. The van der Waals surface area contributed by atoms with Crippen molar-refractivity contribution in [3.8, 4) is 0 Å². The number of rotatable bonds is 1. The highest BCUT2D eigenvalue weighted by molar-refractivity contribution is 5.57. The average Bonchev–Trinajstić information content (AvgIpc) is 1.81. The molecule has 0 saturated carbocycles. The molecule has 0 aliphatic carbocycles. The zero-order valence-electron chi connectivity index (χ0n) is 7.65. The third-order valence-corrected chi connectivity index (χ3v) is 1.11. The van der Waals surface area contributed by atoms with Crippen LogP contribution in [0.3, 0.4) is 0 Å². The van der Waals surface area contributed by atoms with Gasteiger partial charge in [0, 0.05) is 0 Å². The Bertz CT molecular complexity index is 154. The minimum atomic E-state index is 0.0242. The quantitative estimate of drug-likeness (QED) is 0.495. The van der Waals surface area contributed by atoms with E-state index in [0.717, 1.165) is 6.42 Å². The van der Waals surface area contributed by atoms with Crippen LogP contribution in [-0.4, -0.2) is 11.4 Å². The van der Waals surface area contributed by atoms with Crippen molar-refractivity contribution in [1.29, 1.82) is 0 Å². The first-order valence-corrected chi connectivity index (χ1v) is 3.76. The number of hydrogen-bond acceptors (Lipinski definition) is 1. The van der Waals surface area contributed by atoms with Crippen LogP contribution in [0.2, 0.25) is 0 Å². The first-order valence-electron chi connectivity index (χ1n) is 3.76.